The maximum atomic E-state index is 9.64. The number of hydrogen-bond donors (Lipinski definition) is 1. The Morgan fingerprint density at radius 1 is 1.12 bits per heavy atom. The Kier molecular flexibility index (Phi) is 6.03. The Morgan fingerprint density at radius 2 is 1.92 bits per heavy atom. The number of rotatable bonds is 5. The van der Waals surface area contributed by atoms with Crippen LogP contribution in [0.3, 0.4) is 0 Å². The second-order valence-corrected chi connectivity index (χ2v) is 7.21. The summed E-state index contributed by atoms with van der Waals surface area (Å²) in [5, 5.41) is 18.6. The van der Waals surface area contributed by atoms with E-state index in [1.165, 1.54) is 19.4 Å². The topological polar surface area (TPSA) is 57.4 Å². The molecule has 6 heteroatoms. The molecule has 24 heavy (non-hydrogen) atoms. The lowest BCUT2D eigenvalue weighted by atomic mass is 9.97. The summed E-state index contributed by atoms with van der Waals surface area (Å²) in [5.41, 5.74) is 0. The molecule has 0 aliphatic carbocycles. The van der Waals surface area contributed by atoms with Gasteiger partial charge in [0.05, 0.1) is 12.6 Å². The highest BCUT2D eigenvalue weighted by molar-refractivity contribution is 5.04. The average Bonchev–Trinajstić information content (AvgIpc) is 2.96. The predicted octanol–water partition coefficient (Wildman–Crippen LogP) is 1.53. The lowest BCUT2D eigenvalue weighted by Crippen LogP contribution is -2.36. The van der Waals surface area contributed by atoms with E-state index in [0.717, 1.165) is 57.2 Å². The molecule has 6 nitrogen and oxygen atoms in total. The molecule has 0 bridgehead atoms. The van der Waals surface area contributed by atoms with Gasteiger partial charge in [-0.3, -0.25) is 9.80 Å². The monoisotopic (exact) mass is 333 g/mol. The summed E-state index contributed by atoms with van der Waals surface area (Å²) in [7, 11) is 2.11. The van der Waals surface area contributed by atoms with Crippen molar-refractivity contribution in [2.45, 2.75) is 51.2 Å². The van der Waals surface area contributed by atoms with E-state index in [0.29, 0.717) is 5.92 Å². The fourth-order valence-electron chi connectivity index (χ4n) is 3.83. The Morgan fingerprint density at radius 3 is 2.67 bits per heavy atom. The summed E-state index contributed by atoms with van der Waals surface area (Å²) in [5.74, 6) is 2.66. The molecule has 0 radical (unpaired) electrons. The third-order valence-corrected chi connectivity index (χ3v) is 5.39. The van der Waals surface area contributed by atoms with Crippen LogP contribution >= 0.6 is 0 Å². The van der Waals surface area contributed by atoms with Gasteiger partial charge < -0.3 is 9.67 Å². The lowest BCUT2D eigenvalue weighted by Gasteiger charge is -2.31. The summed E-state index contributed by atoms with van der Waals surface area (Å²) in [6, 6.07) is 0. The van der Waals surface area contributed by atoms with Gasteiger partial charge >= 0.3 is 0 Å². The molecule has 0 amide bonds. The van der Waals surface area contributed by atoms with Gasteiger partial charge in [0.25, 0.3) is 0 Å². The molecule has 0 aromatic carbocycles. The van der Waals surface area contributed by atoms with Crippen LogP contribution in [0.2, 0.25) is 0 Å². The molecule has 0 saturated carbocycles. The van der Waals surface area contributed by atoms with Crippen LogP contribution in [0.25, 0.3) is 0 Å². The van der Waals surface area contributed by atoms with Crippen LogP contribution in [0.15, 0.2) is 12.2 Å². The maximum absolute atomic E-state index is 9.64. The van der Waals surface area contributed by atoms with Crippen LogP contribution < -0.4 is 0 Å². The van der Waals surface area contributed by atoms with Crippen molar-refractivity contribution in [3.8, 4) is 0 Å². The molecule has 1 unspecified atom stereocenters. The quantitative estimate of drug-likeness (QED) is 0.828. The highest BCUT2D eigenvalue weighted by atomic mass is 16.3. The van der Waals surface area contributed by atoms with Crippen molar-refractivity contribution in [2.75, 3.05) is 32.7 Å². The Bertz CT molecular complexity index is 548. The van der Waals surface area contributed by atoms with Gasteiger partial charge in [-0.25, -0.2) is 0 Å². The Hall–Kier alpha value is -1.24. The number of aliphatic hydroxyl groups excluding tert-OH is 1. The molecular formula is C18H31N5O. The lowest BCUT2D eigenvalue weighted by molar-refractivity contribution is 0.0775. The first kappa shape index (κ1) is 17.6. The smallest absolute Gasteiger partial charge is 0.146 e. The first-order chi connectivity index (χ1) is 11.7. The summed E-state index contributed by atoms with van der Waals surface area (Å²) in [6.07, 6.45) is 8.40. The number of hydrogen-bond acceptors (Lipinski definition) is 5. The van der Waals surface area contributed by atoms with E-state index >= 15 is 0 Å². The molecule has 2 aliphatic rings. The van der Waals surface area contributed by atoms with Crippen LogP contribution in [-0.2, 0) is 13.6 Å². The molecule has 134 valence electrons. The van der Waals surface area contributed by atoms with Gasteiger partial charge in [0.1, 0.15) is 11.6 Å². The fraction of sp³-hybridized carbons (Fsp3) is 0.778. The van der Waals surface area contributed by atoms with Crippen LogP contribution in [0.4, 0.5) is 0 Å². The largest absolute Gasteiger partial charge is 0.393 e. The Labute approximate surface area is 145 Å². The van der Waals surface area contributed by atoms with E-state index < -0.39 is 0 Å². The first-order valence-electron chi connectivity index (χ1n) is 9.29. The van der Waals surface area contributed by atoms with Gasteiger partial charge in [0, 0.05) is 39.1 Å². The number of nitrogens with zero attached hydrogens (tertiary/aromatic N) is 5. The maximum Gasteiger partial charge on any atom is 0.146 e. The molecular weight excluding hydrogens is 302 g/mol. The van der Waals surface area contributed by atoms with Crippen molar-refractivity contribution in [3.05, 3.63) is 23.8 Å². The summed E-state index contributed by atoms with van der Waals surface area (Å²) >= 11 is 0. The number of aliphatic hydroxyl groups is 1. The third kappa shape index (κ3) is 4.23. The second kappa shape index (κ2) is 8.23. The zero-order valence-electron chi connectivity index (χ0n) is 15.1. The summed E-state index contributed by atoms with van der Waals surface area (Å²) < 4.78 is 2.20. The van der Waals surface area contributed by atoms with E-state index in [2.05, 4.69) is 50.7 Å². The number of allylic oxidation sites excluding steroid dienone is 1. The zero-order valence-corrected chi connectivity index (χ0v) is 15.1. The second-order valence-electron chi connectivity index (χ2n) is 7.21. The zero-order chi connectivity index (χ0) is 16.9. The number of likely N-dealkylation sites (tertiary alicyclic amines) is 2. The van der Waals surface area contributed by atoms with Crippen molar-refractivity contribution in [2.24, 2.45) is 7.05 Å². The van der Waals surface area contributed by atoms with Crippen LogP contribution in [-0.4, -0.2) is 68.5 Å². The van der Waals surface area contributed by atoms with E-state index in [-0.39, 0.29) is 6.10 Å². The molecule has 1 atom stereocenters. The van der Waals surface area contributed by atoms with Gasteiger partial charge in [-0.15, -0.1) is 10.2 Å². The minimum Gasteiger partial charge on any atom is -0.393 e. The molecule has 3 heterocycles. The van der Waals surface area contributed by atoms with Crippen molar-refractivity contribution in [1.82, 2.24) is 24.6 Å². The van der Waals surface area contributed by atoms with Crippen LogP contribution in [0.1, 0.15) is 50.2 Å². The molecule has 3 rings (SSSR count). The highest BCUT2D eigenvalue weighted by Crippen LogP contribution is 2.26. The third-order valence-electron chi connectivity index (χ3n) is 5.39. The van der Waals surface area contributed by atoms with Crippen molar-refractivity contribution in [3.63, 3.8) is 0 Å². The first-order valence-corrected chi connectivity index (χ1v) is 9.29. The van der Waals surface area contributed by atoms with Gasteiger partial charge in [0.15, 0.2) is 0 Å². The molecule has 2 saturated heterocycles. The summed E-state index contributed by atoms with van der Waals surface area (Å²) in [6.45, 7) is 8.11. The molecule has 1 aromatic heterocycles. The number of aromatic nitrogens is 3. The SMILES string of the molecule is CC=CCN1CCCC(c2nnc(CN3CCC(O)CC3)n2C)C1. The van der Waals surface area contributed by atoms with Crippen LogP contribution in [0.5, 0.6) is 0 Å². The standard InChI is InChI=1S/C18H31N5O/c1-3-4-9-22-10-5-6-15(13-22)18-20-19-17(21(18)2)14-23-11-7-16(24)8-12-23/h3-4,15-16,24H,5-14H2,1-2H3. The van der Waals surface area contributed by atoms with Gasteiger partial charge in [0.2, 0.25) is 0 Å². The van der Waals surface area contributed by atoms with Crippen LogP contribution in [0, 0.1) is 0 Å². The normalized spacial score (nSPS) is 24.9. The van der Waals surface area contributed by atoms with Crippen molar-refractivity contribution < 1.29 is 5.11 Å². The molecule has 2 fully saturated rings. The van der Waals surface area contributed by atoms with E-state index in [4.69, 9.17) is 0 Å². The van der Waals surface area contributed by atoms with Gasteiger partial charge in [-0.1, -0.05) is 12.2 Å². The van der Waals surface area contributed by atoms with E-state index in [9.17, 15) is 5.11 Å². The summed E-state index contributed by atoms with van der Waals surface area (Å²) in [4.78, 5) is 4.88. The van der Waals surface area contributed by atoms with E-state index in [1.807, 2.05) is 0 Å². The minimum absolute atomic E-state index is 0.123. The minimum atomic E-state index is -0.123. The van der Waals surface area contributed by atoms with E-state index in [1.54, 1.807) is 0 Å². The molecule has 2 aliphatic heterocycles. The van der Waals surface area contributed by atoms with Gasteiger partial charge in [-0.2, -0.15) is 0 Å². The van der Waals surface area contributed by atoms with Crippen molar-refractivity contribution >= 4 is 0 Å². The Balaban J connectivity index is 1.61. The fourth-order valence-corrected chi connectivity index (χ4v) is 3.83. The average molecular weight is 333 g/mol. The van der Waals surface area contributed by atoms with Gasteiger partial charge in [-0.05, 0) is 39.2 Å². The highest BCUT2D eigenvalue weighted by Gasteiger charge is 2.26. The molecule has 0 spiro atoms. The van der Waals surface area contributed by atoms with Crippen molar-refractivity contribution in [1.29, 1.82) is 0 Å². The molecule has 1 N–H and O–H groups in total. The predicted molar refractivity (Wildman–Crippen MR) is 94.7 cm³/mol. The number of piperidine rings is 2. The molecule has 1 aromatic rings.